The van der Waals surface area contributed by atoms with Crippen LogP contribution in [0.5, 0.6) is 0 Å². The van der Waals surface area contributed by atoms with Gasteiger partial charge in [0.05, 0.1) is 18.1 Å². The van der Waals surface area contributed by atoms with Crippen LogP contribution in [0, 0.1) is 16.0 Å². The Balaban J connectivity index is 1.26. The van der Waals surface area contributed by atoms with E-state index >= 15 is 0 Å². The summed E-state index contributed by atoms with van der Waals surface area (Å²) in [7, 11) is 0. The summed E-state index contributed by atoms with van der Waals surface area (Å²) >= 11 is 0. The van der Waals surface area contributed by atoms with E-state index in [1.54, 1.807) is 24.3 Å². The Hall–Kier alpha value is -3.24. The van der Waals surface area contributed by atoms with E-state index in [9.17, 15) is 19.7 Å². The number of carbonyl (C=O) groups is 1. The first kappa shape index (κ1) is 23.5. The summed E-state index contributed by atoms with van der Waals surface area (Å²) in [5.74, 6) is 0.0892. The summed E-state index contributed by atoms with van der Waals surface area (Å²) < 4.78 is 7.19. The molecule has 2 aromatic rings. The molecule has 3 aliphatic rings. The number of nitro groups is 1. The molecule has 35 heavy (non-hydrogen) atoms. The van der Waals surface area contributed by atoms with Crippen molar-refractivity contribution in [2.24, 2.45) is 5.92 Å². The molecule has 1 aromatic carbocycles. The zero-order valence-electron chi connectivity index (χ0n) is 19.7. The lowest BCUT2D eigenvalue weighted by Gasteiger charge is -2.43. The van der Waals surface area contributed by atoms with Crippen LogP contribution in [0.2, 0.25) is 0 Å². The lowest BCUT2D eigenvalue weighted by Crippen LogP contribution is -2.47. The molecule has 2 atom stereocenters. The number of aromatic nitrogens is 1. The second kappa shape index (κ2) is 10.2. The van der Waals surface area contributed by atoms with Crippen molar-refractivity contribution in [2.75, 3.05) is 57.4 Å². The molecule has 1 aromatic heterocycles. The van der Waals surface area contributed by atoms with E-state index in [2.05, 4.69) is 10.2 Å². The Kier molecular flexibility index (Phi) is 6.83. The minimum absolute atomic E-state index is 0.0111. The van der Waals surface area contributed by atoms with Crippen molar-refractivity contribution in [1.82, 2.24) is 14.8 Å². The molecule has 1 N–H and O–H groups in total. The number of hydrogen-bond acceptors (Lipinski definition) is 7. The Morgan fingerprint density at radius 3 is 2.77 bits per heavy atom. The van der Waals surface area contributed by atoms with Gasteiger partial charge in [-0.25, -0.2) is 0 Å². The van der Waals surface area contributed by atoms with E-state index in [1.807, 2.05) is 15.5 Å². The van der Waals surface area contributed by atoms with Crippen LogP contribution < -0.4 is 15.8 Å². The molecule has 4 heterocycles. The van der Waals surface area contributed by atoms with Gasteiger partial charge in [0.1, 0.15) is 5.69 Å². The van der Waals surface area contributed by atoms with E-state index in [0.29, 0.717) is 37.4 Å². The van der Waals surface area contributed by atoms with Crippen LogP contribution in [0.15, 0.2) is 41.2 Å². The molecule has 186 valence electrons. The molecule has 5 rings (SSSR count). The highest BCUT2D eigenvalue weighted by molar-refractivity contribution is 5.95. The number of amides is 1. The monoisotopic (exact) mass is 481 g/mol. The molecule has 0 saturated carbocycles. The van der Waals surface area contributed by atoms with E-state index in [4.69, 9.17) is 4.74 Å². The van der Waals surface area contributed by atoms with Gasteiger partial charge in [0.15, 0.2) is 0 Å². The Morgan fingerprint density at radius 2 is 1.97 bits per heavy atom. The SMILES string of the molecule is O=C(NCCCN1CCOCC1)c1ccc(N2CC3CC(C2)c2cccc(=O)n2C3)c([N+](=O)[O-])c1. The smallest absolute Gasteiger partial charge is 0.293 e. The summed E-state index contributed by atoms with van der Waals surface area (Å²) in [5.41, 5.74) is 1.77. The van der Waals surface area contributed by atoms with Crippen molar-refractivity contribution in [3.05, 3.63) is 68.1 Å². The number of ether oxygens (including phenoxy) is 1. The number of fused-ring (bicyclic) bond motifs is 4. The maximum Gasteiger partial charge on any atom is 0.293 e. The number of anilines is 1. The summed E-state index contributed by atoms with van der Waals surface area (Å²) in [6.45, 7) is 6.57. The third-order valence-electron chi connectivity index (χ3n) is 7.30. The number of hydrogen-bond donors (Lipinski definition) is 1. The summed E-state index contributed by atoms with van der Waals surface area (Å²) in [5, 5.41) is 14.8. The van der Waals surface area contributed by atoms with Gasteiger partial charge in [0.25, 0.3) is 17.2 Å². The molecule has 1 amide bonds. The number of nitrogens with zero attached hydrogens (tertiary/aromatic N) is 4. The Morgan fingerprint density at radius 1 is 1.14 bits per heavy atom. The molecule has 0 radical (unpaired) electrons. The molecule has 0 spiro atoms. The van der Waals surface area contributed by atoms with Crippen LogP contribution in [-0.2, 0) is 11.3 Å². The van der Waals surface area contributed by atoms with Crippen LogP contribution in [0.25, 0.3) is 0 Å². The maximum absolute atomic E-state index is 12.7. The van der Waals surface area contributed by atoms with Gasteiger partial charge in [-0.2, -0.15) is 0 Å². The third kappa shape index (κ3) is 5.08. The first-order valence-electron chi connectivity index (χ1n) is 12.3. The van der Waals surface area contributed by atoms with Crippen molar-refractivity contribution in [1.29, 1.82) is 0 Å². The molecule has 2 bridgehead atoms. The molecular formula is C25H31N5O5. The highest BCUT2D eigenvalue weighted by Gasteiger charge is 2.36. The van der Waals surface area contributed by atoms with Gasteiger partial charge in [-0.15, -0.1) is 0 Å². The summed E-state index contributed by atoms with van der Waals surface area (Å²) in [6, 6.07) is 10.1. The normalized spacial score (nSPS) is 21.9. The summed E-state index contributed by atoms with van der Waals surface area (Å²) in [4.78, 5) is 40.8. The standard InChI is InChI=1S/C25H31N5O5/c31-24-4-1-3-21-20-13-18(16-29(21)24)15-28(17-20)22-6-5-19(14-23(22)30(33)34)25(32)26-7-2-8-27-9-11-35-12-10-27/h1,3-6,14,18,20H,2,7-13,15-17H2,(H,26,32). The molecule has 2 unspecified atom stereocenters. The van der Waals surface area contributed by atoms with Crippen molar-refractivity contribution >= 4 is 17.3 Å². The number of carbonyl (C=O) groups excluding carboxylic acids is 1. The predicted octanol–water partition coefficient (Wildman–Crippen LogP) is 1.83. The van der Waals surface area contributed by atoms with Crippen LogP contribution in [0.4, 0.5) is 11.4 Å². The van der Waals surface area contributed by atoms with Gasteiger partial charge in [0.2, 0.25) is 0 Å². The fourth-order valence-electron chi connectivity index (χ4n) is 5.60. The lowest BCUT2D eigenvalue weighted by molar-refractivity contribution is -0.384. The summed E-state index contributed by atoms with van der Waals surface area (Å²) in [6.07, 6.45) is 1.78. The van der Waals surface area contributed by atoms with Crippen LogP contribution in [0.3, 0.4) is 0 Å². The zero-order chi connectivity index (χ0) is 24.4. The van der Waals surface area contributed by atoms with Crippen LogP contribution in [0.1, 0.15) is 34.8 Å². The minimum atomic E-state index is -0.409. The molecule has 2 fully saturated rings. The maximum atomic E-state index is 12.7. The fraction of sp³-hybridized carbons (Fsp3) is 0.520. The van der Waals surface area contributed by atoms with Crippen molar-refractivity contribution < 1.29 is 14.5 Å². The molecule has 3 aliphatic heterocycles. The topological polar surface area (TPSA) is 110 Å². The molecule has 10 nitrogen and oxygen atoms in total. The highest BCUT2D eigenvalue weighted by Crippen LogP contribution is 2.39. The van der Waals surface area contributed by atoms with E-state index in [0.717, 1.165) is 51.4 Å². The number of nitro benzene ring substituents is 1. The zero-order valence-corrected chi connectivity index (χ0v) is 19.7. The van der Waals surface area contributed by atoms with Crippen molar-refractivity contribution in [3.8, 4) is 0 Å². The van der Waals surface area contributed by atoms with Gasteiger partial charge in [-0.05, 0) is 43.5 Å². The third-order valence-corrected chi connectivity index (χ3v) is 7.30. The van der Waals surface area contributed by atoms with Gasteiger partial charge < -0.3 is 19.5 Å². The van der Waals surface area contributed by atoms with E-state index < -0.39 is 4.92 Å². The highest BCUT2D eigenvalue weighted by atomic mass is 16.6. The Bertz CT molecular complexity index is 1160. The second-order valence-electron chi connectivity index (χ2n) is 9.63. The van der Waals surface area contributed by atoms with Gasteiger partial charge in [-0.1, -0.05) is 6.07 Å². The number of morpholine rings is 1. The second-order valence-corrected chi connectivity index (χ2v) is 9.63. The van der Waals surface area contributed by atoms with Gasteiger partial charge in [0, 0.05) is 68.6 Å². The van der Waals surface area contributed by atoms with E-state index in [-0.39, 0.29) is 29.0 Å². The van der Waals surface area contributed by atoms with Gasteiger partial charge >= 0.3 is 0 Å². The Labute approximate surface area is 203 Å². The fourth-order valence-corrected chi connectivity index (χ4v) is 5.60. The van der Waals surface area contributed by atoms with Crippen LogP contribution in [-0.4, -0.2) is 72.8 Å². The number of nitrogens with one attached hydrogen (secondary N) is 1. The van der Waals surface area contributed by atoms with E-state index in [1.165, 1.54) is 6.07 Å². The van der Waals surface area contributed by atoms with Crippen LogP contribution >= 0.6 is 0 Å². The number of rotatable bonds is 7. The average Bonchev–Trinajstić information content (AvgIpc) is 2.87. The first-order valence-corrected chi connectivity index (χ1v) is 12.3. The molecule has 10 heteroatoms. The average molecular weight is 482 g/mol. The number of benzene rings is 1. The number of pyridine rings is 1. The molecule has 0 aliphatic carbocycles. The quantitative estimate of drug-likeness (QED) is 0.365. The predicted molar refractivity (Wildman–Crippen MR) is 131 cm³/mol. The first-order chi connectivity index (χ1) is 17.0. The molecule has 2 saturated heterocycles. The molecular weight excluding hydrogens is 450 g/mol. The van der Waals surface area contributed by atoms with Gasteiger partial charge in [-0.3, -0.25) is 24.6 Å². The lowest BCUT2D eigenvalue weighted by atomic mass is 9.83. The van der Waals surface area contributed by atoms with Crippen molar-refractivity contribution in [2.45, 2.75) is 25.3 Å². The largest absolute Gasteiger partial charge is 0.379 e. The minimum Gasteiger partial charge on any atom is -0.379 e. The number of piperidine rings is 1. The van der Waals surface area contributed by atoms with Crippen molar-refractivity contribution in [3.63, 3.8) is 0 Å².